The van der Waals surface area contributed by atoms with E-state index >= 15 is 0 Å². The number of hydrogen-bond donors (Lipinski definition) is 0. The van der Waals surface area contributed by atoms with Crippen LogP contribution in [0.4, 0.5) is 0 Å². The van der Waals surface area contributed by atoms with Crippen LogP contribution in [-0.2, 0) is 20.9 Å². The number of benzene rings is 2. The highest BCUT2D eigenvalue weighted by Gasteiger charge is 2.37. The first-order valence-electron chi connectivity index (χ1n) is 12.5. The topological polar surface area (TPSA) is 66.9 Å². The van der Waals surface area contributed by atoms with Gasteiger partial charge in [0.1, 0.15) is 0 Å². The monoisotopic (exact) mass is 474 g/mol. The summed E-state index contributed by atoms with van der Waals surface area (Å²) in [7, 11) is 0. The van der Waals surface area contributed by atoms with Crippen molar-refractivity contribution in [3.05, 3.63) is 82.6 Å². The fourth-order valence-corrected chi connectivity index (χ4v) is 5.03. The maximum atomic E-state index is 13.3. The molecule has 4 rings (SSSR count). The molecule has 0 spiro atoms. The van der Waals surface area contributed by atoms with Crippen molar-refractivity contribution in [2.24, 2.45) is 5.92 Å². The molecular formula is C29H34N2O4. The van der Waals surface area contributed by atoms with E-state index in [0.29, 0.717) is 29.3 Å². The van der Waals surface area contributed by atoms with Gasteiger partial charge in [0, 0.05) is 36.7 Å². The molecule has 0 N–H and O–H groups in total. The Kier molecular flexibility index (Phi) is 7.69. The molecule has 35 heavy (non-hydrogen) atoms. The molecule has 1 saturated heterocycles. The van der Waals surface area contributed by atoms with Gasteiger partial charge in [-0.1, -0.05) is 49.4 Å². The predicted octanol–water partition coefficient (Wildman–Crippen LogP) is 4.91. The van der Waals surface area contributed by atoms with Gasteiger partial charge in [-0.25, -0.2) is 4.79 Å². The second-order valence-corrected chi connectivity index (χ2v) is 9.54. The highest BCUT2D eigenvalue weighted by atomic mass is 16.5. The minimum absolute atomic E-state index is 0.0346. The molecule has 2 amide bonds. The smallest absolute Gasteiger partial charge is 0.336 e. The summed E-state index contributed by atoms with van der Waals surface area (Å²) in [6.07, 6.45) is 2.24. The summed E-state index contributed by atoms with van der Waals surface area (Å²) >= 11 is 0. The van der Waals surface area contributed by atoms with Gasteiger partial charge in [0.05, 0.1) is 18.7 Å². The molecule has 0 aliphatic carbocycles. The zero-order chi connectivity index (χ0) is 24.9. The van der Waals surface area contributed by atoms with Gasteiger partial charge in [0.25, 0.3) is 5.91 Å². The van der Waals surface area contributed by atoms with Gasteiger partial charge >= 0.3 is 5.97 Å². The zero-order valence-electron chi connectivity index (χ0n) is 20.8. The van der Waals surface area contributed by atoms with Crippen LogP contribution in [0, 0.1) is 5.92 Å². The number of allylic oxidation sites excluding steroid dienone is 1. The average Bonchev–Trinajstić information content (AvgIpc) is 2.87. The molecule has 6 nitrogen and oxygen atoms in total. The van der Waals surface area contributed by atoms with Crippen LogP contribution in [0.3, 0.4) is 0 Å². The number of hydrogen-bond acceptors (Lipinski definition) is 4. The van der Waals surface area contributed by atoms with E-state index in [1.807, 2.05) is 66.4 Å². The van der Waals surface area contributed by atoms with Crippen LogP contribution in [0.5, 0.6) is 0 Å². The molecule has 2 aromatic rings. The van der Waals surface area contributed by atoms with E-state index in [2.05, 4.69) is 6.92 Å². The van der Waals surface area contributed by atoms with Crippen molar-refractivity contribution in [3.63, 3.8) is 0 Å². The minimum Gasteiger partial charge on any atom is -0.463 e. The van der Waals surface area contributed by atoms with Crippen molar-refractivity contribution in [2.75, 3.05) is 19.7 Å². The van der Waals surface area contributed by atoms with Crippen LogP contribution in [0.1, 0.15) is 67.4 Å². The molecule has 6 heteroatoms. The second kappa shape index (κ2) is 10.9. The summed E-state index contributed by atoms with van der Waals surface area (Å²) in [5.41, 5.74) is 3.54. The van der Waals surface area contributed by atoms with Crippen LogP contribution in [0.15, 0.2) is 65.9 Å². The van der Waals surface area contributed by atoms with Crippen molar-refractivity contribution < 1.29 is 19.1 Å². The molecule has 0 saturated carbocycles. The van der Waals surface area contributed by atoms with Crippen molar-refractivity contribution in [1.82, 2.24) is 9.80 Å². The molecule has 0 bridgehead atoms. The largest absolute Gasteiger partial charge is 0.463 e. The van der Waals surface area contributed by atoms with E-state index in [1.54, 1.807) is 11.8 Å². The summed E-state index contributed by atoms with van der Waals surface area (Å²) in [4.78, 5) is 42.9. The standard InChI is InChI=1S/C29H34N2O4/c1-4-35-29(34)27-21(3)31(26(32)18-25(27)23-10-6-5-7-11-23)19-22-9-8-12-24(17-22)28(33)30-15-13-20(2)14-16-30/h5-12,17,20,25H,4,13-16,18-19H2,1-3H3. The first-order valence-corrected chi connectivity index (χ1v) is 12.5. The maximum Gasteiger partial charge on any atom is 0.336 e. The molecule has 2 heterocycles. The Balaban J connectivity index is 1.60. The average molecular weight is 475 g/mol. The minimum atomic E-state index is -0.389. The van der Waals surface area contributed by atoms with E-state index in [1.165, 1.54) is 0 Å². The highest BCUT2D eigenvalue weighted by molar-refractivity contribution is 5.96. The lowest BCUT2D eigenvalue weighted by molar-refractivity contribution is -0.140. The molecular weight excluding hydrogens is 440 g/mol. The van der Waals surface area contributed by atoms with Crippen molar-refractivity contribution >= 4 is 17.8 Å². The molecule has 1 unspecified atom stereocenters. The van der Waals surface area contributed by atoms with Crippen molar-refractivity contribution in [1.29, 1.82) is 0 Å². The first-order chi connectivity index (χ1) is 16.9. The van der Waals surface area contributed by atoms with Gasteiger partial charge in [-0.3, -0.25) is 9.59 Å². The molecule has 1 atom stereocenters. The number of esters is 1. The van der Waals surface area contributed by atoms with Crippen molar-refractivity contribution in [2.45, 2.75) is 52.5 Å². The quantitative estimate of drug-likeness (QED) is 0.558. The Hall–Kier alpha value is -3.41. The number of nitrogens with zero attached hydrogens (tertiary/aromatic N) is 2. The molecule has 2 aromatic carbocycles. The molecule has 1 fully saturated rings. The van der Waals surface area contributed by atoms with Crippen LogP contribution >= 0.6 is 0 Å². The Bertz CT molecular complexity index is 1120. The number of rotatable bonds is 6. The number of likely N-dealkylation sites (tertiary alicyclic amines) is 1. The van der Waals surface area contributed by atoms with Crippen LogP contribution in [0.25, 0.3) is 0 Å². The van der Waals surface area contributed by atoms with E-state index in [4.69, 9.17) is 4.74 Å². The predicted molar refractivity (Wildman–Crippen MR) is 134 cm³/mol. The van der Waals surface area contributed by atoms with Crippen LogP contribution < -0.4 is 0 Å². The van der Waals surface area contributed by atoms with Crippen molar-refractivity contribution in [3.8, 4) is 0 Å². The number of piperidine rings is 1. The van der Waals surface area contributed by atoms with E-state index < -0.39 is 0 Å². The SMILES string of the molecule is CCOC(=O)C1=C(C)N(Cc2cccc(C(=O)N3CCC(C)CC3)c2)C(=O)CC1c1ccccc1. The molecule has 2 aliphatic rings. The fraction of sp³-hybridized carbons (Fsp3) is 0.414. The van der Waals surface area contributed by atoms with Gasteiger partial charge in [-0.05, 0) is 55.9 Å². The summed E-state index contributed by atoms with van der Waals surface area (Å²) in [5.74, 6) is -0.0925. The Morgan fingerprint density at radius 2 is 1.74 bits per heavy atom. The highest BCUT2D eigenvalue weighted by Crippen LogP contribution is 2.37. The van der Waals surface area contributed by atoms with Gasteiger partial charge in [-0.2, -0.15) is 0 Å². The fourth-order valence-electron chi connectivity index (χ4n) is 5.03. The first kappa shape index (κ1) is 24.7. The lowest BCUT2D eigenvalue weighted by atomic mass is 9.83. The normalized spacial score (nSPS) is 19.2. The number of carbonyl (C=O) groups excluding carboxylic acids is 3. The third-order valence-electron chi connectivity index (χ3n) is 7.11. The Labute approximate surface area is 207 Å². The van der Waals surface area contributed by atoms with E-state index in [-0.39, 0.29) is 36.7 Å². The second-order valence-electron chi connectivity index (χ2n) is 9.54. The van der Waals surface area contributed by atoms with Crippen LogP contribution in [-0.4, -0.2) is 47.3 Å². The summed E-state index contributed by atoms with van der Waals surface area (Å²) < 4.78 is 5.38. The Morgan fingerprint density at radius 3 is 2.43 bits per heavy atom. The molecule has 184 valence electrons. The van der Waals surface area contributed by atoms with Gasteiger partial charge in [0.2, 0.25) is 5.91 Å². The summed E-state index contributed by atoms with van der Waals surface area (Å²) in [5, 5.41) is 0. The third kappa shape index (κ3) is 5.47. The summed E-state index contributed by atoms with van der Waals surface area (Å²) in [6, 6.07) is 17.1. The Morgan fingerprint density at radius 1 is 1.03 bits per heavy atom. The molecule has 0 aromatic heterocycles. The van der Waals surface area contributed by atoms with E-state index in [0.717, 1.165) is 37.1 Å². The van der Waals surface area contributed by atoms with Gasteiger partial charge < -0.3 is 14.5 Å². The number of ether oxygens (including phenoxy) is 1. The molecule has 0 radical (unpaired) electrons. The van der Waals surface area contributed by atoms with Crippen LogP contribution in [0.2, 0.25) is 0 Å². The third-order valence-corrected chi connectivity index (χ3v) is 7.11. The number of amides is 2. The summed E-state index contributed by atoms with van der Waals surface area (Å²) in [6.45, 7) is 7.94. The number of carbonyl (C=O) groups is 3. The molecule has 2 aliphatic heterocycles. The van der Waals surface area contributed by atoms with E-state index in [9.17, 15) is 14.4 Å². The zero-order valence-corrected chi connectivity index (χ0v) is 20.8. The lowest BCUT2D eigenvalue weighted by Crippen LogP contribution is -2.38. The van der Waals surface area contributed by atoms with Gasteiger partial charge in [-0.15, -0.1) is 0 Å². The van der Waals surface area contributed by atoms with Gasteiger partial charge in [0.15, 0.2) is 0 Å². The lowest BCUT2D eigenvalue weighted by Gasteiger charge is -2.34. The maximum absolute atomic E-state index is 13.3.